The summed E-state index contributed by atoms with van der Waals surface area (Å²) in [4.78, 5) is 19.0. The van der Waals surface area contributed by atoms with E-state index in [1.807, 2.05) is 13.8 Å². The summed E-state index contributed by atoms with van der Waals surface area (Å²) in [6.07, 6.45) is 0.841. The lowest BCUT2D eigenvalue weighted by Gasteiger charge is -2.18. The Labute approximate surface area is 267 Å². The lowest BCUT2D eigenvalue weighted by Crippen LogP contribution is -2.21. The van der Waals surface area contributed by atoms with Crippen molar-refractivity contribution in [1.82, 2.24) is 20.5 Å². The van der Waals surface area contributed by atoms with E-state index in [0.717, 1.165) is 29.0 Å². The number of nitrogens with one attached hydrogen (secondary N) is 1. The molecule has 2 aromatic carbocycles. The number of pyridine rings is 1. The van der Waals surface area contributed by atoms with Crippen molar-refractivity contribution in [3.63, 3.8) is 0 Å². The number of hydrogen-bond acceptors (Lipinski definition) is 8. The number of rotatable bonds is 9. The largest absolute Gasteiger partial charge is 0.421 e. The Bertz CT molecular complexity index is 2060. The van der Waals surface area contributed by atoms with Gasteiger partial charge in [0, 0.05) is 29.8 Å². The predicted molar refractivity (Wildman–Crippen MR) is 167 cm³/mol. The molecule has 3 aromatic heterocycles. The maximum Gasteiger partial charge on any atom is 0.261 e. The van der Waals surface area contributed by atoms with Crippen LogP contribution in [0, 0.1) is 30.3 Å². The first-order valence-corrected chi connectivity index (χ1v) is 17.0. The number of carbonyl (C=O) groups excluding carboxylic acids is 1. The number of aryl methyl sites for hydroxylation is 3. The number of thiophene rings is 1. The third-order valence-electron chi connectivity index (χ3n) is 7.94. The zero-order chi connectivity index (χ0) is 32.7. The van der Waals surface area contributed by atoms with Crippen LogP contribution in [0.1, 0.15) is 57.8 Å². The Balaban J connectivity index is 1.47. The minimum atomic E-state index is -3.81. The highest BCUT2D eigenvalue weighted by Gasteiger charge is 2.43. The molecule has 0 spiro atoms. The second kappa shape index (κ2) is 12.4. The average molecular weight is 667 g/mol. The fourth-order valence-electron chi connectivity index (χ4n) is 5.58. The molecule has 1 N–H and O–H groups in total. The highest BCUT2D eigenvalue weighted by molar-refractivity contribution is 7.92. The molecule has 0 radical (unpaired) electrons. The number of nitrogens with zero attached hydrogens (tertiary/aromatic N) is 3. The van der Waals surface area contributed by atoms with E-state index in [2.05, 4.69) is 15.5 Å². The van der Waals surface area contributed by atoms with Gasteiger partial charge in [-0.1, -0.05) is 32.0 Å². The Morgan fingerprint density at radius 2 is 1.72 bits per heavy atom. The smallest absolute Gasteiger partial charge is 0.261 e. The molecule has 1 aliphatic rings. The van der Waals surface area contributed by atoms with Crippen molar-refractivity contribution in [2.75, 3.05) is 5.75 Å². The monoisotopic (exact) mass is 666 g/mol. The van der Waals surface area contributed by atoms with Crippen LogP contribution in [0.25, 0.3) is 21.9 Å². The van der Waals surface area contributed by atoms with E-state index >= 15 is 0 Å². The molecule has 0 saturated heterocycles. The summed E-state index contributed by atoms with van der Waals surface area (Å²) in [6, 6.07) is 12.8. The van der Waals surface area contributed by atoms with E-state index in [1.165, 1.54) is 18.2 Å². The lowest BCUT2D eigenvalue weighted by molar-refractivity contribution is 0.0955. The summed E-state index contributed by atoms with van der Waals surface area (Å²) >= 11 is 1.08. The summed E-state index contributed by atoms with van der Waals surface area (Å²) in [5.41, 5.74) is 2.95. The predicted octanol–water partition coefficient (Wildman–Crippen LogP) is 6.83. The molecular weight excluding hydrogens is 638 g/mol. The molecule has 1 atom stereocenters. The first-order chi connectivity index (χ1) is 21.9. The van der Waals surface area contributed by atoms with E-state index in [9.17, 15) is 26.4 Å². The number of sulfone groups is 1. The molecule has 13 heteroatoms. The van der Waals surface area contributed by atoms with Gasteiger partial charge in [0.1, 0.15) is 5.82 Å². The van der Waals surface area contributed by atoms with E-state index in [-0.39, 0.29) is 51.5 Å². The molecule has 4 heterocycles. The van der Waals surface area contributed by atoms with Gasteiger partial charge in [-0.05, 0) is 66.3 Å². The van der Waals surface area contributed by atoms with Crippen LogP contribution >= 0.6 is 11.3 Å². The summed E-state index contributed by atoms with van der Waals surface area (Å²) < 4.78 is 74.2. The third kappa shape index (κ3) is 6.21. The van der Waals surface area contributed by atoms with E-state index in [1.54, 1.807) is 31.2 Å². The molecule has 0 fully saturated rings. The first-order valence-electron chi connectivity index (χ1n) is 14.6. The maximum atomic E-state index is 13.9. The number of fused-ring (bicyclic) bond motifs is 1. The van der Waals surface area contributed by atoms with Crippen molar-refractivity contribution in [1.29, 1.82) is 0 Å². The molecule has 6 rings (SSSR count). The summed E-state index contributed by atoms with van der Waals surface area (Å²) in [5, 5.41) is 10.9. The van der Waals surface area contributed by atoms with Crippen molar-refractivity contribution in [2.24, 2.45) is 5.92 Å². The fourth-order valence-corrected chi connectivity index (χ4v) is 8.85. The average Bonchev–Trinajstić information content (AvgIpc) is 3.74. The van der Waals surface area contributed by atoms with Crippen molar-refractivity contribution in [3.8, 4) is 21.9 Å². The lowest BCUT2D eigenvalue weighted by atomic mass is 9.90. The Morgan fingerprint density at radius 1 is 0.978 bits per heavy atom. The van der Waals surface area contributed by atoms with Crippen LogP contribution in [0.4, 0.5) is 13.2 Å². The molecular formula is C33H29F3N4O4S2. The van der Waals surface area contributed by atoms with Crippen molar-refractivity contribution in [3.05, 3.63) is 105 Å². The molecule has 5 aromatic rings. The number of aromatic nitrogens is 3. The van der Waals surface area contributed by atoms with Gasteiger partial charge in [0.2, 0.25) is 11.8 Å². The SMILES string of the molecule is Cc1nnc(-c2c(CCc3ccc(F)cc3)nc3c(c2-c2ccc(C(=O)NCc4ccc(F)c(F)c4)s2)S(=O)(=O)C[C@@H]3C(C)C)o1. The van der Waals surface area contributed by atoms with Crippen LogP contribution in [0.15, 0.2) is 63.9 Å². The molecule has 238 valence electrons. The van der Waals surface area contributed by atoms with Gasteiger partial charge in [-0.15, -0.1) is 21.5 Å². The second-order valence-corrected chi connectivity index (χ2v) is 14.6. The molecule has 1 aliphatic heterocycles. The molecule has 0 unspecified atom stereocenters. The number of halogens is 3. The van der Waals surface area contributed by atoms with E-state index < -0.39 is 27.4 Å². The van der Waals surface area contributed by atoms with Crippen LogP contribution in [0.2, 0.25) is 0 Å². The topological polar surface area (TPSA) is 115 Å². The van der Waals surface area contributed by atoms with Crippen LogP contribution in [-0.4, -0.2) is 35.3 Å². The Kier molecular flexibility index (Phi) is 8.55. The molecule has 46 heavy (non-hydrogen) atoms. The van der Waals surface area contributed by atoms with Gasteiger partial charge in [-0.2, -0.15) is 0 Å². The standard InChI is InChI=1S/C33H29F3N4O4S2/c1-17(2)22-16-46(42,43)31-29(26-12-13-27(45-26)32(41)37-15-20-6-10-23(35)24(36)14-20)28(33-40-39-18(3)44-33)25(38-30(22)31)11-7-19-4-8-21(34)9-5-19/h4-6,8-10,12-14,17,22H,7,11,15-16H2,1-3H3,(H,37,41)/t22-/m1/s1. The molecule has 0 saturated carbocycles. The summed E-state index contributed by atoms with van der Waals surface area (Å²) in [6.45, 7) is 5.48. The molecule has 0 bridgehead atoms. The van der Waals surface area contributed by atoms with Crippen molar-refractivity contribution >= 4 is 27.1 Å². The minimum Gasteiger partial charge on any atom is -0.421 e. The van der Waals surface area contributed by atoms with Gasteiger partial charge < -0.3 is 9.73 Å². The van der Waals surface area contributed by atoms with Crippen LogP contribution in [0.5, 0.6) is 0 Å². The van der Waals surface area contributed by atoms with E-state index in [0.29, 0.717) is 45.8 Å². The maximum absolute atomic E-state index is 13.9. The summed E-state index contributed by atoms with van der Waals surface area (Å²) in [7, 11) is -3.81. The second-order valence-electron chi connectivity index (χ2n) is 11.5. The van der Waals surface area contributed by atoms with Gasteiger partial charge >= 0.3 is 0 Å². The van der Waals surface area contributed by atoms with Gasteiger partial charge in [-0.25, -0.2) is 21.6 Å². The van der Waals surface area contributed by atoms with Gasteiger partial charge in [0.25, 0.3) is 5.91 Å². The normalized spacial score (nSPS) is 15.3. The van der Waals surface area contributed by atoms with Crippen molar-refractivity contribution in [2.45, 2.75) is 51.0 Å². The molecule has 1 amide bonds. The number of amides is 1. The Hall–Kier alpha value is -4.36. The molecule has 8 nitrogen and oxygen atoms in total. The van der Waals surface area contributed by atoms with Crippen LogP contribution < -0.4 is 5.32 Å². The minimum absolute atomic E-state index is 0.0289. The highest BCUT2D eigenvalue weighted by Crippen LogP contribution is 2.49. The first kappa shape index (κ1) is 31.6. The van der Waals surface area contributed by atoms with Crippen LogP contribution in [-0.2, 0) is 29.2 Å². The zero-order valence-electron chi connectivity index (χ0n) is 25.1. The van der Waals surface area contributed by atoms with Gasteiger partial charge in [0.15, 0.2) is 21.5 Å². The van der Waals surface area contributed by atoms with E-state index in [4.69, 9.17) is 9.40 Å². The van der Waals surface area contributed by atoms with Crippen molar-refractivity contribution < 1.29 is 30.8 Å². The summed E-state index contributed by atoms with van der Waals surface area (Å²) in [5.74, 6) is -2.96. The van der Waals surface area contributed by atoms with Gasteiger partial charge in [0.05, 0.1) is 32.5 Å². The number of carbonyl (C=O) groups is 1. The Morgan fingerprint density at radius 3 is 2.39 bits per heavy atom. The quantitative estimate of drug-likeness (QED) is 0.183. The third-order valence-corrected chi connectivity index (χ3v) is 10.9. The fraction of sp³-hybridized carbons (Fsp3) is 0.273. The number of benzene rings is 2. The van der Waals surface area contributed by atoms with Gasteiger partial charge in [-0.3, -0.25) is 9.78 Å². The highest BCUT2D eigenvalue weighted by atomic mass is 32.2. The zero-order valence-corrected chi connectivity index (χ0v) is 26.7. The molecule has 0 aliphatic carbocycles. The van der Waals surface area contributed by atoms with Crippen LogP contribution in [0.3, 0.4) is 0 Å². The number of hydrogen-bond donors (Lipinski definition) is 1.